The zero-order chi connectivity index (χ0) is 17.6. The van der Waals surface area contributed by atoms with Crippen LogP contribution in [-0.2, 0) is 4.79 Å². The Morgan fingerprint density at radius 1 is 1.16 bits per heavy atom. The van der Waals surface area contributed by atoms with Crippen LogP contribution in [0.3, 0.4) is 0 Å². The topological polar surface area (TPSA) is 75.0 Å². The monoisotopic (exact) mass is 356 g/mol. The second-order valence-corrected chi connectivity index (χ2v) is 6.43. The molecule has 1 aromatic carbocycles. The number of aromatic amines is 1. The number of H-pyrrole nitrogens is 1. The zero-order valence-electron chi connectivity index (χ0n) is 14.2. The van der Waals surface area contributed by atoms with Gasteiger partial charge in [0, 0.05) is 19.3 Å². The summed E-state index contributed by atoms with van der Waals surface area (Å²) < 4.78 is 5.72. The molecule has 3 aromatic rings. The predicted octanol–water partition coefficient (Wildman–Crippen LogP) is 3.77. The van der Waals surface area contributed by atoms with E-state index in [2.05, 4.69) is 15.2 Å². The van der Waals surface area contributed by atoms with Gasteiger partial charge in [0.2, 0.25) is 5.91 Å². The van der Waals surface area contributed by atoms with Gasteiger partial charge in [0.1, 0.15) is 10.9 Å². The Balaban J connectivity index is 1.86. The summed E-state index contributed by atoms with van der Waals surface area (Å²) in [6.07, 6.45) is 1.79. The average Bonchev–Trinajstić information content (AvgIpc) is 3.33. The van der Waals surface area contributed by atoms with E-state index >= 15 is 0 Å². The van der Waals surface area contributed by atoms with E-state index in [4.69, 9.17) is 4.42 Å². The van der Waals surface area contributed by atoms with Gasteiger partial charge in [-0.25, -0.2) is 0 Å². The number of rotatable bonds is 7. The van der Waals surface area contributed by atoms with Crippen molar-refractivity contribution in [1.82, 2.24) is 20.1 Å². The summed E-state index contributed by atoms with van der Waals surface area (Å²) in [5.41, 5.74) is 1.68. The van der Waals surface area contributed by atoms with Crippen LogP contribution in [0, 0.1) is 0 Å². The smallest absolute Gasteiger partial charge is 0.278 e. The molecule has 0 aliphatic heterocycles. The Kier molecular flexibility index (Phi) is 5.55. The maximum atomic E-state index is 13.0. The largest absolute Gasteiger partial charge is 0.410 e. The molecule has 2 heterocycles. The van der Waals surface area contributed by atoms with Crippen LogP contribution in [0.1, 0.15) is 24.7 Å². The summed E-state index contributed by atoms with van der Waals surface area (Å²) in [6, 6.07) is 13.4. The van der Waals surface area contributed by atoms with Gasteiger partial charge in [-0.05, 0) is 43.3 Å². The third kappa shape index (κ3) is 3.93. The highest BCUT2D eigenvalue weighted by molar-refractivity contribution is 8.00. The first-order valence-corrected chi connectivity index (χ1v) is 9.08. The number of benzene rings is 1. The van der Waals surface area contributed by atoms with E-state index in [0.29, 0.717) is 24.2 Å². The van der Waals surface area contributed by atoms with Gasteiger partial charge in [0.05, 0.1) is 0 Å². The Hall–Kier alpha value is -2.54. The highest BCUT2D eigenvalue weighted by Gasteiger charge is 2.28. The van der Waals surface area contributed by atoms with Crippen molar-refractivity contribution in [3.05, 3.63) is 54.2 Å². The molecule has 0 saturated carbocycles. The van der Waals surface area contributed by atoms with Gasteiger partial charge >= 0.3 is 0 Å². The Bertz CT molecular complexity index is 798. The second-order valence-electron chi connectivity index (χ2n) is 5.38. The van der Waals surface area contributed by atoms with Crippen LogP contribution in [0.15, 0.2) is 58.3 Å². The molecule has 0 fully saturated rings. The minimum absolute atomic E-state index is 0.0424. The molecule has 1 N–H and O–H groups in total. The van der Waals surface area contributed by atoms with Crippen LogP contribution in [0.2, 0.25) is 0 Å². The first-order chi connectivity index (χ1) is 12.2. The highest BCUT2D eigenvalue weighted by atomic mass is 32.2. The fourth-order valence-corrected chi connectivity index (χ4v) is 3.48. The molecule has 2 aromatic heterocycles. The minimum atomic E-state index is -0.418. The van der Waals surface area contributed by atoms with Crippen LogP contribution in [0.4, 0.5) is 0 Å². The summed E-state index contributed by atoms with van der Waals surface area (Å²) in [7, 11) is 0. The standard InChI is InChI=1S/C18H20N4O2S/c1-3-22(4-2)17(23)15(13-9-6-5-7-10-13)25-18-21-20-16(24-18)14-11-8-12-19-14/h5-12,15,19H,3-4H2,1-2H3/t15-/m0/s1. The number of aromatic nitrogens is 3. The third-order valence-electron chi connectivity index (χ3n) is 3.86. The van der Waals surface area contributed by atoms with Crippen molar-refractivity contribution in [2.45, 2.75) is 24.3 Å². The molecule has 0 spiro atoms. The van der Waals surface area contributed by atoms with E-state index in [1.807, 2.05) is 61.2 Å². The van der Waals surface area contributed by atoms with Crippen LogP contribution in [0.25, 0.3) is 11.6 Å². The van der Waals surface area contributed by atoms with Crippen LogP contribution >= 0.6 is 11.8 Å². The maximum absolute atomic E-state index is 13.0. The fourth-order valence-electron chi connectivity index (χ4n) is 2.52. The van der Waals surface area contributed by atoms with Crippen molar-refractivity contribution in [3.63, 3.8) is 0 Å². The fraction of sp³-hybridized carbons (Fsp3) is 0.278. The number of likely N-dealkylation sites (N-methyl/N-ethyl adjacent to an activating group) is 1. The van der Waals surface area contributed by atoms with Crippen molar-refractivity contribution in [1.29, 1.82) is 0 Å². The number of carbonyl (C=O) groups is 1. The normalized spacial score (nSPS) is 12.1. The number of hydrogen-bond acceptors (Lipinski definition) is 5. The van der Waals surface area contributed by atoms with Crippen LogP contribution < -0.4 is 0 Å². The number of amides is 1. The van der Waals surface area contributed by atoms with Gasteiger partial charge in [-0.2, -0.15) is 0 Å². The quantitative estimate of drug-likeness (QED) is 0.652. The second kappa shape index (κ2) is 8.02. The number of carbonyl (C=O) groups excluding carboxylic acids is 1. The molecular weight excluding hydrogens is 336 g/mol. The highest BCUT2D eigenvalue weighted by Crippen LogP contribution is 2.36. The van der Waals surface area contributed by atoms with Crippen LogP contribution in [-0.4, -0.2) is 39.1 Å². The third-order valence-corrected chi connectivity index (χ3v) is 4.93. The van der Waals surface area contributed by atoms with E-state index in [-0.39, 0.29) is 5.91 Å². The summed E-state index contributed by atoms with van der Waals surface area (Å²) >= 11 is 1.28. The molecule has 1 amide bonds. The molecule has 7 heteroatoms. The number of nitrogens with zero attached hydrogens (tertiary/aromatic N) is 3. The lowest BCUT2D eigenvalue weighted by atomic mass is 10.1. The lowest BCUT2D eigenvalue weighted by Gasteiger charge is -2.24. The first-order valence-electron chi connectivity index (χ1n) is 8.20. The van der Waals surface area contributed by atoms with Crippen molar-refractivity contribution >= 4 is 17.7 Å². The van der Waals surface area contributed by atoms with Gasteiger partial charge < -0.3 is 14.3 Å². The molecule has 0 aliphatic carbocycles. The van der Waals surface area contributed by atoms with E-state index in [1.54, 1.807) is 6.20 Å². The summed E-state index contributed by atoms with van der Waals surface area (Å²) in [6.45, 7) is 5.28. The molecule has 6 nitrogen and oxygen atoms in total. The summed E-state index contributed by atoms with van der Waals surface area (Å²) in [4.78, 5) is 17.8. The van der Waals surface area contributed by atoms with Crippen LogP contribution in [0.5, 0.6) is 0 Å². The van der Waals surface area contributed by atoms with Gasteiger partial charge in [0.25, 0.3) is 11.1 Å². The number of nitrogens with one attached hydrogen (secondary N) is 1. The molecular formula is C18H20N4O2S. The Morgan fingerprint density at radius 2 is 1.92 bits per heavy atom. The van der Waals surface area contributed by atoms with Crippen molar-refractivity contribution in [2.24, 2.45) is 0 Å². The molecule has 0 radical (unpaired) electrons. The molecule has 0 saturated heterocycles. The molecule has 130 valence electrons. The molecule has 25 heavy (non-hydrogen) atoms. The van der Waals surface area contributed by atoms with E-state index < -0.39 is 5.25 Å². The SMILES string of the molecule is CCN(CC)C(=O)[C@@H](Sc1nnc(-c2ccc[nH]2)o1)c1ccccc1. The average molecular weight is 356 g/mol. The predicted molar refractivity (Wildman–Crippen MR) is 97.1 cm³/mol. The molecule has 1 atom stereocenters. The van der Waals surface area contributed by atoms with Gasteiger partial charge in [-0.1, -0.05) is 30.3 Å². The van der Waals surface area contributed by atoms with E-state index in [0.717, 1.165) is 11.3 Å². The molecule has 3 rings (SSSR count). The Labute approximate surface area is 150 Å². The zero-order valence-corrected chi connectivity index (χ0v) is 15.0. The Morgan fingerprint density at radius 3 is 2.56 bits per heavy atom. The maximum Gasteiger partial charge on any atom is 0.278 e. The molecule has 0 unspecified atom stereocenters. The van der Waals surface area contributed by atoms with Crippen molar-refractivity contribution in [3.8, 4) is 11.6 Å². The van der Waals surface area contributed by atoms with E-state index in [1.165, 1.54) is 11.8 Å². The lowest BCUT2D eigenvalue weighted by molar-refractivity contribution is -0.130. The molecule has 0 aliphatic rings. The molecule has 0 bridgehead atoms. The number of hydrogen-bond donors (Lipinski definition) is 1. The van der Waals surface area contributed by atoms with E-state index in [9.17, 15) is 4.79 Å². The van der Waals surface area contributed by atoms with Gasteiger partial charge in [0.15, 0.2) is 0 Å². The lowest BCUT2D eigenvalue weighted by Crippen LogP contribution is -2.33. The summed E-state index contributed by atoms with van der Waals surface area (Å²) in [5, 5.41) is 8.10. The van der Waals surface area contributed by atoms with Crippen molar-refractivity contribution in [2.75, 3.05) is 13.1 Å². The van der Waals surface area contributed by atoms with Gasteiger partial charge in [-0.15, -0.1) is 10.2 Å². The number of thioether (sulfide) groups is 1. The van der Waals surface area contributed by atoms with Crippen molar-refractivity contribution < 1.29 is 9.21 Å². The minimum Gasteiger partial charge on any atom is -0.410 e. The first kappa shape index (κ1) is 17.3. The summed E-state index contributed by atoms with van der Waals surface area (Å²) in [5.74, 6) is 0.454. The van der Waals surface area contributed by atoms with Gasteiger partial charge in [-0.3, -0.25) is 4.79 Å².